The summed E-state index contributed by atoms with van der Waals surface area (Å²) in [6, 6.07) is 10.5. The number of rotatable bonds is 4. The fourth-order valence-electron chi connectivity index (χ4n) is 1.40. The van der Waals surface area contributed by atoms with E-state index in [4.69, 9.17) is 9.84 Å². The molecule has 0 aliphatic heterocycles. The number of hydrogen-bond donors (Lipinski definition) is 2. The topological polar surface area (TPSA) is 101 Å². The minimum Gasteiger partial charge on any atom is -0.475 e. The lowest BCUT2D eigenvalue weighted by molar-refractivity contribution is 0.0683. The highest BCUT2D eigenvalue weighted by atomic mass is 16.5. The quantitative estimate of drug-likeness (QED) is 0.882. The number of anilines is 1. The van der Waals surface area contributed by atoms with Crippen molar-refractivity contribution in [1.82, 2.24) is 9.97 Å². The molecule has 1 aromatic heterocycles. The first-order valence-corrected chi connectivity index (χ1v) is 5.69. The highest BCUT2D eigenvalue weighted by Crippen LogP contribution is 2.05. The minimum absolute atomic E-state index is 0.0652. The molecule has 2 aromatic rings. The molecule has 0 saturated heterocycles. The van der Waals surface area contributed by atoms with Gasteiger partial charge in [-0.2, -0.15) is 0 Å². The van der Waals surface area contributed by atoms with E-state index < -0.39 is 17.9 Å². The van der Waals surface area contributed by atoms with E-state index in [1.54, 1.807) is 0 Å². The first-order valence-electron chi connectivity index (χ1n) is 5.69. The summed E-state index contributed by atoms with van der Waals surface area (Å²) in [5, 5.41) is 11.1. The van der Waals surface area contributed by atoms with Gasteiger partial charge in [0.15, 0.2) is 0 Å². The van der Waals surface area contributed by atoms with E-state index in [0.29, 0.717) is 0 Å². The van der Waals surface area contributed by atoms with Crippen LogP contribution in [0.5, 0.6) is 0 Å². The third-order valence-corrected chi connectivity index (χ3v) is 2.29. The molecule has 7 heteroatoms. The molecule has 0 atom stereocenters. The molecule has 0 bridgehead atoms. The van der Waals surface area contributed by atoms with E-state index in [-0.39, 0.29) is 12.4 Å². The van der Waals surface area contributed by atoms with E-state index in [9.17, 15) is 9.59 Å². The highest BCUT2D eigenvalue weighted by Gasteiger charge is 2.09. The Labute approximate surface area is 114 Å². The number of benzene rings is 1. The molecule has 102 valence electrons. The lowest BCUT2D eigenvalue weighted by Gasteiger charge is -2.06. The van der Waals surface area contributed by atoms with Crippen LogP contribution in [-0.4, -0.2) is 27.1 Å². The highest BCUT2D eigenvalue weighted by molar-refractivity contribution is 5.86. The molecule has 0 spiro atoms. The van der Waals surface area contributed by atoms with Gasteiger partial charge in [0.05, 0.1) is 0 Å². The van der Waals surface area contributed by atoms with Gasteiger partial charge in [0.1, 0.15) is 12.4 Å². The third-order valence-electron chi connectivity index (χ3n) is 2.29. The Balaban J connectivity index is 1.91. The molecule has 2 rings (SSSR count). The maximum Gasteiger partial charge on any atom is 0.413 e. The molecular formula is C13H11N3O4. The predicted octanol–water partition coefficient (Wildman–Crippen LogP) is 1.92. The molecule has 2 N–H and O–H groups in total. The van der Waals surface area contributed by atoms with Crippen LogP contribution < -0.4 is 5.32 Å². The summed E-state index contributed by atoms with van der Waals surface area (Å²) in [5.74, 6) is -1.60. The molecule has 1 heterocycles. The average Bonchev–Trinajstić information content (AvgIpc) is 2.46. The van der Waals surface area contributed by atoms with Gasteiger partial charge in [-0.15, -0.1) is 0 Å². The van der Waals surface area contributed by atoms with Crippen LogP contribution in [0.2, 0.25) is 0 Å². The molecular weight excluding hydrogens is 262 g/mol. The molecule has 0 aliphatic rings. The van der Waals surface area contributed by atoms with Gasteiger partial charge in [0, 0.05) is 6.20 Å². The maximum absolute atomic E-state index is 11.5. The Morgan fingerprint density at radius 2 is 1.95 bits per heavy atom. The summed E-state index contributed by atoms with van der Waals surface area (Å²) in [6.45, 7) is 0.115. The van der Waals surface area contributed by atoms with Crippen molar-refractivity contribution in [2.24, 2.45) is 0 Å². The van der Waals surface area contributed by atoms with Crippen molar-refractivity contribution in [3.63, 3.8) is 0 Å². The van der Waals surface area contributed by atoms with Crippen molar-refractivity contribution in [1.29, 1.82) is 0 Å². The Morgan fingerprint density at radius 3 is 2.65 bits per heavy atom. The van der Waals surface area contributed by atoms with Crippen molar-refractivity contribution in [2.75, 3.05) is 5.32 Å². The summed E-state index contributed by atoms with van der Waals surface area (Å²) in [6.07, 6.45) is 0.521. The number of carboxylic acid groups (broad SMARTS) is 1. The zero-order valence-corrected chi connectivity index (χ0v) is 10.3. The number of nitrogens with zero attached hydrogens (tertiary/aromatic N) is 2. The van der Waals surface area contributed by atoms with Crippen LogP contribution in [-0.2, 0) is 11.3 Å². The molecule has 0 radical (unpaired) electrons. The normalized spacial score (nSPS) is 9.80. The predicted molar refractivity (Wildman–Crippen MR) is 69.2 cm³/mol. The number of carbonyl (C=O) groups is 2. The van der Waals surface area contributed by atoms with Crippen molar-refractivity contribution >= 4 is 17.9 Å². The molecule has 7 nitrogen and oxygen atoms in total. The molecule has 1 aromatic carbocycles. The second kappa shape index (κ2) is 6.28. The maximum atomic E-state index is 11.5. The largest absolute Gasteiger partial charge is 0.475 e. The van der Waals surface area contributed by atoms with Gasteiger partial charge in [0.25, 0.3) is 0 Å². The summed E-state index contributed by atoms with van der Waals surface area (Å²) in [5.41, 5.74) is 0.844. The van der Waals surface area contributed by atoms with E-state index in [1.165, 1.54) is 12.3 Å². The first-order chi connectivity index (χ1) is 9.65. The van der Waals surface area contributed by atoms with Crippen LogP contribution in [0.3, 0.4) is 0 Å². The Morgan fingerprint density at radius 1 is 1.20 bits per heavy atom. The van der Waals surface area contributed by atoms with Crippen molar-refractivity contribution in [2.45, 2.75) is 6.61 Å². The molecule has 20 heavy (non-hydrogen) atoms. The van der Waals surface area contributed by atoms with Gasteiger partial charge in [-0.1, -0.05) is 30.3 Å². The van der Waals surface area contributed by atoms with E-state index in [0.717, 1.165) is 5.56 Å². The Kier molecular flexibility index (Phi) is 4.23. The molecule has 0 unspecified atom stereocenters. The van der Waals surface area contributed by atoms with Crippen LogP contribution in [0.1, 0.15) is 16.2 Å². The van der Waals surface area contributed by atoms with Gasteiger partial charge < -0.3 is 9.84 Å². The van der Waals surface area contributed by atoms with Crippen LogP contribution in [0, 0.1) is 0 Å². The lowest BCUT2D eigenvalue weighted by atomic mass is 10.2. The van der Waals surface area contributed by atoms with Gasteiger partial charge >= 0.3 is 12.1 Å². The van der Waals surface area contributed by atoms with Crippen LogP contribution in [0.25, 0.3) is 0 Å². The molecule has 0 saturated carbocycles. The number of aromatic nitrogens is 2. The SMILES string of the molecule is O=C(Nc1ccnc(C(=O)O)n1)OCc1ccccc1. The summed E-state index contributed by atoms with van der Waals surface area (Å²) < 4.78 is 4.97. The van der Waals surface area contributed by atoms with Gasteiger partial charge in [-0.25, -0.2) is 19.6 Å². The van der Waals surface area contributed by atoms with Crippen molar-refractivity contribution in [3.8, 4) is 0 Å². The summed E-state index contributed by atoms with van der Waals surface area (Å²) >= 11 is 0. The number of aromatic carboxylic acids is 1. The van der Waals surface area contributed by atoms with E-state index in [2.05, 4.69) is 15.3 Å². The molecule has 0 fully saturated rings. The number of ether oxygens (including phenoxy) is 1. The van der Waals surface area contributed by atoms with Crippen LogP contribution in [0.4, 0.5) is 10.6 Å². The number of nitrogens with one attached hydrogen (secondary N) is 1. The summed E-state index contributed by atoms with van der Waals surface area (Å²) in [4.78, 5) is 29.4. The van der Waals surface area contributed by atoms with E-state index in [1.807, 2.05) is 30.3 Å². The van der Waals surface area contributed by atoms with Crippen molar-refractivity contribution in [3.05, 3.63) is 54.0 Å². The van der Waals surface area contributed by atoms with E-state index >= 15 is 0 Å². The average molecular weight is 273 g/mol. The minimum atomic E-state index is -1.27. The first kappa shape index (κ1) is 13.5. The second-order valence-electron chi connectivity index (χ2n) is 3.76. The Bertz CT molecular complexity index is 616. The van der Waals surface area contributed by atoms with Gasteiger partial charge in [0.2, 0.25) is 5.82 Å². The van der Waals surface area contributed by atoms with Crippen molar-refractivity contribution < 1.29 is 19.4 Å². The molecule has 0 aliphatic carbocycles. The fourth-order valence-corrected chi connectivity index (χ4v) is 1.40. The fraction of sp³-hybridized carbons (Fsp3) is 0.0769. The second-order valence-corrected chi connectivity index (χ2v) is 3.76. The third kappa shape index (κ3) is 3.77. The number of hydrogen-bond acceptors (Lipinski definition) is 5. The van der Waals surface area contributed by atoms with Crippen LogP contribution >= 0.6 is 0 Å². The molecule has 1 amide bonds. The van der Waals surface area contributed by atoms with Gasteiger partial charge in [-0.05, 0) is 11.6 Å². The number of carbonyl (C=O) groups excluding carboxylic acids is 1. The monoisotopic (exact) mass is 273 g/mol. The lowest BCUT2D eigenvalue weighted by Crippen LogP contribution is -2.16. The summed E-state index contributed by atoms with van der Waals surface area (Å²) in [7, 11) is 0. The Hall–Kier alpha value is -2.96. The zero-order chi connectivity index (χ0) is 14.4. The number of amides is 1. The smallest absolute Gasteiger partial charge is 0.413 e. The number of carboxylic acids is 1. The zero-order valence-electron chi connectivity index (χ0n) is 10.3. The standard InChI is InChI=1S/C13H11N3O4/c17-12(18)11-14-7-6-10(15-11)16-13(19)20-8-9-4-2-1-3-5-9/h1-7H,8H2,(H,17,18)(H,14,15,16,19). The van der Waals surface area contributed by atoms with Gasteiger partial charge in [-0.3, -0.25) is 5.32 Å². The van der Waals surface area contributed by atoms with Crippen LogP contribution in [0.15, 0.2) is 42.6 Å².